The molecule has 0 bridgehead atoms. The Hall–Kier alpha value is -2.30. The van der Waals surface area contributed by atoms with E-state index in [9.17, 15) is 9.59 Å². The molecule has 1 N–H and O–H groups in total. The Morgan fingerprint density at radius 3 is 2.37 bits per heavy atom. The largest absolute Gasteiger partial charge is 0.464 e. The van der Waals surface area contributed by atoms with Gasteiger partial charge in [-0.3, -0.25) is 0 Å². The van der Waals surface area contributed by atoms with Crippen LogP contribution in [0.2, 0.25) is 0 Å². The highest BCUT2D eigenvalue weighted by Crippen LogP contribution is 2.08. The number of benzene rings is 1. The van der Waals surface area contributed by atoms with E-state index in [4.69, 9.17) is 9.47 Å². The van der Waals surface area contributed by atoms with Crippen molar-refractivity contribution in [2.24, 2.45) is 0 Å². The lowest BCUT2D eigenvalue weighted by molar-refractivity contribution is -0.146. The molecule has 0 unspecified atom stereocenters. The number of unbranched alkanes of at least 4 members (excludes halogenated alkanes) is 6. The van der Waals surface area contributed by atoms with Gasteiger partial charge in [0, 0.05) is 6.42 Å². The summed E-state index contributed by atoms with van der Waals surface area (Å²) in [5.41, 5.74) is 0.944. The topological polar surface area (TPSA) is 64.6 Å². The van der Waals surface area contributed by atoms with Crippen LogP contribution in [0.25, 0.3) is 0 Å². The second-order valence-electron chi connectivity index (χ2n) is 6.56. The minimum absolute atomic E-state index is 0.0942. The number of amides is 1. The van der Waals surface area contributed by atoms with Gasteiger partial charge in [0.15, 0.2) is 0 Å². The maximum atomic E-state index is 12.4. The number of esters is 1. The Balaban J connectivity index is 2.42. The van der Waals surface area contributed by atoms with Crippen LogP contribution < -0.4 is 5.32 Å². The monoisotopic (exact) mass is 375 g/mol. The van der Waals surface area contributed by atoms with E-state index in [2.05, 4.69) is 18.8 Å². The molecule has 0 aromatic heterocycles. The molecule has 1 aromatic carbocycles. The third-order valence-corrected chi connectivity index (χ3v) is 4.18. The van der Waals surface area contributed by atoms with Gasteiger partial charge in [-0.05, 0) is 12.0 Å². The van der Waals surface area contributed by atoms with E-state index < -0.39 is 18.1 Å². The molecule has 5 nitrogen and oxygen atoms in total. The number of nitrogens with one attached hydrogen (secondary N) is 1. The van der Waals surface area contributed by atoms with E-state index in [1.807, 2.05) is 30.3 Å². The van der Waals surface area contributed by atoms with Crippen LogP contribution in [0, 0.1) is 0 Å². The first-order chi connectivity index (χ1) is 13.2. The lowest BCUT2D eigenvalue weighted by Crippen LogP contribution is -2.43. The summed E-state index contributed by atoms with van der Waals surface area (Å²) in [6, 6.07) is 8.75. The summed E-state index contributed by atoms with van der Waals surface area (Å²) in [4.78, 5) is 24.2. The zero-order chi connectivity index (χ0) is 19.7. The van der Waals surface area contributed by atoms with Crippen molar-refractivity contribution in [3.8, 4) is 0 Å². The third kappa shape index (κ3) is 11.1. The highest BCUT2D eigenvalue weighted by Gasteiger charge is 2.23. The van der Waals surface area contributed by atoms with Gasteiger partial charge in [-0.1, -0.05) is 88.4 Å². The van der Waals surface area contributed by atoms with Crippen LogP contribution >= 0.6 is 0 Å². The molecule has 0 aliphatic heterocycles. The van der Waals surface area contributed by atoms with Gasteiger partial charge in [0.05, 0.1) is 6.61 Å². The van der Waals surface area contributed by atoms with Crippen molar-refractivity contribution in [3.05, 3.63) is 48.6 Å². The summed E-state index contributed by atoms with van der Waals surface area (Å²) < 4.78 is 10.3. The van der Waals surface area contributed by atoms with E-state index in [0.717, 1.165) is 24.8 Å². The van der Waals surface area contributed by atoms with E-state index in [1.165, 1.54) is 31.8 Å². The lowest BCUT2D eigenvalue weighted by Gasteiger charge is -2.17. The molecule has 0 saturated carbocycles. The van der Waals surface area contributed by atoms with Crippen LogP contribution in [-0.4, -0.2) is 31.3 Å². The number of hydrogen-bond donors (Lipinski definition) is 1. The van der Waals surface area contributed by atoms with Crippen molar-refractivity contribution in [2.75, 3.05) is 13.2 Å². The highest BCUT2D eigenvalue weighted by atomic mass is 16.6. The second kappa shape index (κ2) is 14.8. The predicted molar refractivity (Wildman–Crippen MR) is 108 cm³/mol. The van der Waals surface area contributed by atoms with Crippen molar-refractivity contribution in [1.82, 2.24) is 5.32 Å². The minimum atomic E-state index is -0.769. The Labute approximate surface area is 163 Å². The van der Waals surface area contributed by atoms with Gasteiger partial charge >= 0.3 is 12.1 Å². The normalized spacial score (nSPS) is 11.4. The van der Waals surface area contributed by atoms with Crippen LogP contribution in [0.5, 0.6) is 0 Å². The van der Waals surface area contributed by atoms with Crippen LogP contribution in [0.3, 0.4) is 0 Å². The zero-order valence-electron chi connectivity index (χ0n) is 16.5. The van der Waals surface area contributed by atoms with Gasteiger partial charge in [0.2, 0.25) is 0 Å². The Kier molecular flexibility index (Phi) is 12.5. The van der Waals surface area contributed by atoms with E-state index in [-0.39, 0.29) is 6.61 Å². The smallest absolute Gasteiger partial charge is 0.408 e. The molecule has 150 valence electrons. The molecule has 0 radical (unpaired) electrons. The number of rotatable bonds is 14. The van der Waals surface area contributed by atoms with Crippen LogP contribution in [-0.2, 0) is 20.7 Å². The van der Waals surface area contributed by atoms with E-state index >= 15 is 0 Å². The molecule has 1 rings (SSSR count). The number of alkyl carbamates (subject to hydrolysis) is 1. The molecule has 5 heteroatoms. The molecule has 1 aromatic rings. The number of carbonyl (C=O) groups excluding carboxylic acids is 2. The van der Waals surface area contributed by atoms with Crippen LogP contribution in [0.4, 0.5) is 4.79 Å². The predicted octanol–water partition coefficient (Wildman–Crippen LogP) is 4.80. The first-order valence-corrected chi connectivity index (χ1v) is 9.92. The maximum absolute atomic E-state index is 12.4. The average Bonchev–Trinajstić information content (AvgIpc) is 2.68. The minimum Gasteiger partial charge on any atom is -0.464 e. The van der Waals surface area contributed by atoms with E-state index in [0.29, 0.717) is 13.0 Å². The maximum Gasteiger partial charge on any atom is 0.408 e. The molecular formula is C22H33NO4. The molecule has 0 fully saturated rings. The molecule has 27 heavy (non-hydrogen) atoms. The molecule has 1 atom stereocenters. The molecule has 0 saturated heterocycles. The molecule has 0 heterocycles. The summed E-state index contributed by atoms with van der Waals surface area (Å²) in [6.07, 6.45) is 9.27. The van der Waals surface area contributed by atoms with Gasteiger partial charge in [-0.15, -0.1) is 0 Å². The summed E-state index contributed by atoms with van der Waals surface area (Å²) in [7, 11) is 0. The first-order valence-electron chi connectivity index (χ1n) is 9.92. The first kappa shape index (κ1) is 22.7. The fraction of sp³-hybridized carbons (Fsp3) is 0.545. The molecule has 0 aliphatic rings. The fourth-order valence-corrected chi connectivity index (χ4v) is 2.69. The summed E-state index contributed by atoms with van der Waals surface area (Å²) in [6.45, 7) is 6.17. The molecule has 1 amide bonds. The standard InChI is InChI=1S/C22H33NO4/c1-3-5-6-7-8-9-13-17-26-21(24)20(23-22(25)27-16-4-2)18-19-14-11-10-12-15-19/h4,10-12,14-15,20H,2-3,5-9,13,16-18H2,1H3,(H,23,25)/t20-/m0/s1. The van der Waals surface area contributed by atoms with E-state index in [1.54, 1.807) is 0 Å². The van der Waals surface area contributed by atoms with Gasteiger partial charge in [0.25, 0.3) is 0 Å². The van der Waals surface area contributed by atoms with Gasteiger partial charge in [0.1, 0.15) is 12.6 Å². The van der Waals surface area contributed by atoms with Crippen LogP contribution in [0.15, 0.2) is 43.0 Å². The Morgan fingerprint density at radius 2 is 1.70 bits per heavy atom. The Morgan fingerprint density at radius 1 is 1.04 bits per heavy atom. The van der Waals surface area contributed by atoms with Crippen molar-refractivity contribution in [2.45, 2.75) is 64.3 Å². The van der Waals surface area contributed by atoms with Crippen LogP contribution in [0.1, 0.15) is 57.4 Å². The summed E-state index contributed by atoms with van der Waals surface area (Å²) in [5, 5.41) is 2.59. The van der Waals surface area contributed by atoms with Gasteiger partial charge in [-0.25, -0.2) is 9.59 Å². The number of carbonyl (C=O) groups is 2. The van der Waals surface area contributed by atoms with Gasteiger partial charge in [-0.2, -0.15) is 0 Å². The highest BCUT2D eigenvalue weighted by molar-refractivity contribution is 5.81. The lowest BCUT2D eigenvalue weighted by atomic mass is 10.1. The number of ether oxygens (including phenoxy) is 2. The summed E-state index contributed by atoms with van der Waals surface area (Å²) >= 11 is 0. The SMILES string of the molecule is C=CCOC(=O)N[C@@H](Cc1ccccc1)C(=O)OCCCCCCCCC. The third-order valence-electron chi connectivity index (χ3n) is 4.18. The van der Waals surface area contributed by atoms with Crippen molar-refractivity contribution >= 4 is 12.1 Å². The second-order valence-corrected chi connectivity index (χ2v) is 6.56. The average molecular weight is 376 g/mol. The van der Waals surface area contributed by atoms with Gasteiger partial charge < -0.3 is 14.8 Å². The van der Waals surface area contributed by atoms with Crippen molar-refractivity contribution < 1.29 is 19.1 Å². The van der Waals surface area contributed by atoms with Crippen molar-refractivity contribution in [3.63, 3.8) is 0 Å². The number of hydrogen-bond acceptors (Lipinski definition) is 4. The van der Waals surface area contributed by atoms with Crippen molar-refractivity contribution in [1.29, 1.82) is 0 Å². The molecule has 0 spiro atoms. The molecular weight excluding hydrogens is 342 g/mol. The Bertz CT molecular complexity index is 545. The molecule has 0 aliphatic carbocycles. The quantitative estimate of drug-likeness (QED) is 0.288. The zero-order valence-corrected chi connectivity index (χ0v) is 16.5. The summed E-state index contributed by atoms with van der Waals surface area (Å²) in [5.74, 6) is -0.430. The fourth-order valence-electron chi connectivity index (χ4n) is 2.69.